The molecule has 0 radical (unpaired) electrons. The van der Waals surface area contributed by atoms with Crippen LogP contribution in [0.4, 0.5) is 5.69 Å². The van der Waals surface area contributed by atoms with Gasteiger partial charge in [0.15, 0.2) is 0 Å². The Bertz CT molecular complexity index is 737. The zero-order valence-corrected chi connectivity index (χ0v) is 13.6. The van der Waals surface area contributed by atoms with Gasteiger partial charge in [0, 0.05) is 4.88 Å². The molecule has 22 heavy (non-hydrogen) atoms. The molecule has 1 N–H and O–H groups in total. The topological polar surface area (TPSA) is 52.9 Å². The summed E-state index contributed by atoms with van der Waals surface area (Å²) in [5, 5.41) is 18.1. The van der Waals surface area contributed by atoms with E-state index in [4.69, 9.17) is 0 Å². The SMILES string of the molecule is CC1=NN(c2cc(C)ccc2C)C(c2cccs2)C1C(=O)O. The van der Waals surface area contributed by atoms with Crippen LogP contribution in [0.2, 0.25) is 0 Å². The Kier molecular flexibility index (Phi) is 3.74. The average Bonchev–Trinajstić information content (AvgIpc) is 3.08. The minimum absolute atomic E-state index is 0.280. The molecule has 2 aromatic rings. The molecule has 3 rings (SSSR count). The molecule has 1 aromatic heterocycles. The third kappa shape index (κ3) is 2.41. The van der Waals surface area contributed by atoms with E-state index in [-0.39, 0.29) is 6.04 Å². The summed E-state index contributed by atoms with van der Waals surface area (Å²) in [6.07, 6.45) is 0. The number of hydrogen-bond donors (Lipinski definition) is 1. The Morgan fingerprint density at radius 1 is 1.27 bits per heavy atom. The van der Waals surface area contributed by atoms with Crippen LogP contribution >= 0.6 is 11.3 Å². The standard InChI is InChI=1S/C17H18N2O2S/c1-10-6-7-11(2)13(9-10)19-16(14-5-4-8-22-14)15(17(20)21)12(3)18-19/h4-9,15-16H,1-3H3,(H,20,21). The number of carboxylic acid groups (broad SMARTS) is 1. The molecular formula is C17H18N2O2S. The predicted octanol–water partition coefficient (Wildman–Crippen LogP) is 4.00. The fourth-order valence-corrected chi connectivity index (χ4v) is 3.74. The number of aliphatic carboxylic acids is 1. The van der Waals surface area contributed by atoms with Crippen molar-refractivity contribution in [2.24, 2.45) is 11.0 Å². The van der Waals surface area contributed by atoms with Crippen LogP contribution in [0.15, 0.2) is 40.8 Å². The van der Waals surface area contributed by atoms with Crippen LogP contribution in [0.25, 0.3) is 0 Å². The molecule has 0 spiro atoms. The van der Waals surface area contributed by atoms with Gasteiger partial charge in [0.1, 0.15) is 12.0 Å². The molecule has 0 saturated heterocycles. The summed E-state index contributed by atoms with van der Waals surface area (Å²) in [5.74, 6) is -1.44. The summed E-state index contributed by atoms with van der Waals surface area (Å²) in [4.78, 5) is 12.8. The lowest BCUT2D eigenvalue weighted by Crippen LogP contribution is -2.30. The molecule has 1 aliphatic rings. The van der Waals surface area contributed by atoms with Crippen LogP contribution in [-0.4, -0.2) is 16.8 Å². The van der Waals surface area contributed by atoms with Crippen molar-refractivity contribution in [3.05, 3.63) is 51.7 Å². The molecule has 5 heteroatoms. The Morgan fingerprint density at radius 3 is 2.68 bits per heavy atom. The molecular weight excluding hydrogens is 296 g/mol. The van der Waals surface area contributed by atoms with Gasteiger partial charge in [-0.1, -0.05) is 18.2 Å². The zero-order valence-electron chi connectivity index (χ0n) is 12.8. The fraction of sp³-hybridized carbons (Fsp3) is 0.294. The molecule has 2 heterocycles. The third-order valence-corrected chi connectivity index (χ3v) is 4.95. The number of carbonyl (C=O) groups is 1. The molecule has 2 unspecified atom stereocenters. The van der Waals surface area contributed by atoms with Gasteiger partial charge in [0.05, 0.1) is 11.4 Å². The second-order valence-electron chi connectivity index (χ2n) is 5.65. The van der Waals surface area contributed by atoms with Crippen molar-refractivity contribution in [3.63, 3.8) is 0 Å². The van der Waals surface area contributed by atoms with Crippen LogP contribution in [0, 0.1) is 19.8 Å². The minimum Gasteiger partial charge on any atom is -0.481 e. The van der Waals surface area contributed by atoms with Crippen molar-refractivity contribution in [1.29, 1.82) is 0 Å². The monoisotopic (exact) mass is 314 g/mol. The van der Waals surface area contributed by atoms with Gasteiger partial charge in [0.2, 0.25) is 0 Å². The number of anilines is 1. The highest BCUT2D eigenvalue weighted by Crippen LogP contribution is 2.42. The van der Waals surface area contributed by atoms with Gasteiger partial charge in [-0.3, -0.25) is 9.80 Å². The van der Waals surface area contributed by atoms with E-state index in [1.54, 1.807) is 18.3 Å². The van der Waals surface area contributed by atoms with Gasteiger partial charge in [-0.15, -0.1) is 11.3 Å². The van der Waals surface area contributed by atoms with E-state index in [1.807, 2.05) is 36.4 Å². The molecule has 4 nitrogen and oxygen atoms in total. The first-order valence-electron chi connectivity index (χ1n) is 7.17. The highest BCUT2D eigenvalue weighted by Gasteiger charge is 2.42. The summed E-state index contributed by atoms with van der Waals surface area (Å²) < 4.78 is 0. The summed E-state index contributed by atoms with van der Waals surface area (Å²) in [6.45, 7) is 5.86. The van der Waals surface area contributed by atoms with E-state index in [2.05, 4.69) is 23.3 Å². The molecule has 0 aliphatic carbocycles. The van der Waals surface area contributed by atoms with Gasteiger partial charge in [-0.25, -0.2) is 0 Å². The number of thiophene rings is 1. The predicted molar refractivity (Wildman–Crippen MR) is 89.7 cm³/mol. The average molecular weight is 314 g/mol. The minimum atomic E-state index is -0.826. The van der Waals surface area contributed by atoms with Gasteiger partial charge >= 0.3 is 5.97 Å². The molecule has 0 fully saturated rings. The maximum atomic E-state index is 11.7. The zero-order chi connectivity index (χ0) is 15.9. The molecule has 2 atom stereocenters. The largest absolute Gasteiger partial charge is 0.481 e. The number of aryl methyl sites for hydroxylation is 2. The van der Waals surface area contributed by atoms with E-state index >= 15 is 0 Å². The summed E-state index contributed by atoms with van der Waals surface area (Å²) in [6, 6.07) is 9.83. The van der Waals surface area contributed by atoms with E-state index < -0.39 is 11.9 Å². The lowest BCUT2D eigenvalue weighted by Gasteiger charge is -2.27. The van der Waals surface area contributed by atoms with Gasteiger partial charge in [-0.2, -0.15) is 5.10 Å². The Morgan fingerprint density at radius 2 is 2.05 bits per heavy atom. The number of carboxylic acids is 1. The van der Waals surface area contributed by atoms with Crippen molar-refractivity contribution in [2.75, 3.05) is 5.01 Å². The van der Waals surface area contributed by atoms with Gasteiger partial charge < -0.3 is 5.11 Å². The quantitative estimate of drug-likeness (QED) is 0.931. The number of hydrogen-bond acceptors (Lipinski definition) is 4. The summed E-state index contributed by atoms with van der Waals surface area (Å²) >= 11 is 1.57. The fourth-order valence-electron chi connectivity index (χ4n) is 2.89. The maximum Gasteiger partial charge on any atom is 0.314 e. The lowest BCUT2D eigenvalue weighted by molar-refractivity contribution is -0.139. The van der Waals surface area contributed by atoms with E-state index in [0.717, 1.165) is 21.7 Å². The highest BCUT2D eigenvalue weighted by atomic mass is 32.1. The van der Waals surface area contributed by atoms with E-state index in [1.165, 1.54) is 0 Å². The van der Waals surface area contributed by atoms with Gasteiger partial charge in [0.25, 0.3) is 0 Å². The third-order valence-electron chi connectivity index (χ3n) is 4.01. The summed E-state index contributed by atoms with van der Waals surface area (Å²) in [5.41, 5.74) is 3.85. The Balaban J connectivity index is 2.13. The molecule has 1 aromatic carbocycles. The van der Waals surface area contributed by atoms with Crippen molar-refractivity contribution in [2.45, 2.75) is 26.8 Å². The normalized spacial score (nSPS) is 21.0. The van der Waals surface area contributed by atoms with Crippen LogP contribution in [0.3, 0.4) is 0 Å². The second kappa shape index (κ2) is 5.57. The van der Waals surface area contributed by atoms with Crippen molar-refractivity contribution < 1.29 is 9.90 Å². The van der Waals surface area contributed by atoms with Crippen molar-refractivity contribution >= 4 is 28.7 Å². The maximum absolute atomic E-state index is 11.7. The van der Waals surface area contributed by atoms with Crippen LogP contribution in [0.5, 0.6) is 0 Å². The molecule has 0 amide bonds. The van der Waals surface area contributed by atoms with E-state index in [9.17, 15) is 9.90 Å². The van der Waals surface area contributed by atoms with E-state index in [0.29, 0.717) is 5.71 Å². The van der Waals surface area contributed by atoms with Crippen LogP contribution < -0.4 is 5.01 Å². The first kappa shape index (κ1) is 14.8. The highest BCUT2D eigenvalue weighted by molar-refractivity contribution is 7.10. The molecule has 0 saturated carbocycles. The first-order valence-corrected chi connectivity index (χ1v) is 8.05. The Hall–Kier alpha value is -2.14. The first-order chi connectivity index (χ1) is 10.5. The molecule has 114 valence electrons. The van der Waals surface area contributed by atoms with Crippen LogP contribution in [0.1, 0.15) is 29.0 Å². The Labute approximate surface area is 133 Å². The van der Waals surface area contributed by atoms with Crippen molar-refractivity contribution in [1.82, 2.24) is 0 Å². The van der Waals surface area contributed by atoms with Gasteiger partial charge in [-0.05, 0) is 49.4 Å². The van der Waals surface area contributed by atoms with Crippen LogP contribution in [-0.2, 0) is 4.79 Å². The smallest absolute Gasteiger partial charge is 0.314 e. The summed E-state index contributed by atoms with van der Waals surface area (Å²) in [7, 11) is 0. The number of benzene rings is 1. The molecule has 1 aliphatic heterocycles. The molecule has 0 bridgehead atoms. The lowest BCUT2D eigenvalue weighted by atomic mass is 9.94. The van der Waals surface area contributed by atoms with Crippen molar-refractivity contribution in [3.8, 4) is 0 Å². The second-order valence-corrected chi connectivity index (χ2v) is 6.63. The number of nitrogens with zero attached hydrogens (tertiary/aromatic N) is 2. The number of hydrazone groups is 1. The number of rotatable bonds is 3.